The number of rotatable bonds is 7. The highest BCUT2D eigenvalue weighted by Gasteiger charge is 2.23. The summed E-state index contributed by atoms with van der Waals surface area (Å²) in [7, 11) is -2.20. The molecule has 0 saturated carbocycles. The number of nitrogens with one attached hydrogen (secondary N) is 2. The van der Waals surface area contributed by atoms with E-state index < -0.39 is 15.8 Å². The molecule has 0 spiro atoms. The molecular weight excluding hydrogens is 547 g/mol. The summed E-state index contributed by atoms with van der Waals surface area (Å²) < 4.78 is 47.8. The number of hydrogen-bond donors (Lipinski definition) is 2. The van der Waals surface area contributed by atoms with Crippen LogP contribution in [0, 0.1) is 5.82 Å². The van der Waals surface area contributed by atoms with Gasteiger partial charge in [-0.25, -0.2) is 12.8 Å². The van der Waals surface area contributed by atoms with Crippen LogP contribution in [-0.4, -0.2) is 27.1 Å². The van der Waals surface area contributed by atoms with E-state index in [0.717, 1.165) is 5.56 Å². The second kappa shape index (κ2) is 9.77. The molecule has 0 aliphatic rings. The van der Waals surface area contributed by atoms with Crippen molar-refractivity contribution in [1.82, 2.24) is 5.32 Å². The number of anilines is 1. The van der Waals surface area contributed by atoms with Crippen LogP contribution in [0.5, 0.6) is 0 Å². The fourth-order valence-corrected chi connectivity index (χ4v) is 5.28. The molecule has 0 atom stereocenters. The van der Waals surface area contributed by atoms with Gasteiger partial charge in [-0.3, -0.25) is 9.52 Å². The Balaban J connectivity index is 1.68. The molecule has 0 bridgehead atoms. The molecule has 4 rings (SSSR count). The minimum absolute atomic E-state index is 0.137. The number of aryl methyl sites for hydroxylation is 1. The maximum atomic E-state index is 13.4. The molecule has 1 amide bonds. The van der Waals surface area contributed by atoms with E-state index in [0.29, 0.717) is 32.4 Å². The van der Waals surface area contributed by atoms with Gasteiger partial charge in [0.1, 0.15) is 17.2 Å². The molecule has 6 nitrogen and oxygen atoms in total. The Morgan fingerprint density at radius 1 is 1.09 bits per heavy atom. The Morgan fingerprint density at radius 2 is 1.76 bits per heavy atom. The van der Waals surface area contributed by atoms with Gasteiger partial charge in [-0.2, -0.15) is 0 Å². The molecule has 1 heterocycles. The molecule has 1 aromatic heterocycles. The maximum absolute atomic E-state index is 13.4. The topological polar surface area (TPSA) is 88.4 Å². The number of furan rings is 1. The van der Waals surface area contributed by atoms with Crippen molar-refractivity contribution < 1.29 is 22.0 Å². The number of carbonyl (C=O) groups is 1. The van der Waals surface area contributed by atoms with E-state index in [2.05, 4.69) is 26.0 Å². The molecule has 0 saturated heterocycles. The van der Waals surface area contributed by atoms with Crippen molar-refractivity contribution in [1.29, 1.82) is 0 Å². The summed E-state index contributed by atoms with van der Waals surface area (Å²) in [5.41, 5.74) is 2.19. The average molecular weight is 566 g/mol. The zero-order valence-corrected chi connectivity index (χ0v) is 21.0. The third-order valence-electron chi connectivity index (χ3n) is 5.18. The lowest BCUT2D eigenvalue weighted by molar-refractivity contribution is 0.0964. The molecule has 0 aliphatic carbocycles. The number of halogens is 3. The summed E-state index contributed by atoms with van der Waals surface area (Å²) in [5.74, 6) is -0.689. The van der Waals surface area contributed by atoms with E-state index in [1.807, 2.05) is 0 Å². The molecule has 2 N–H and O–H groups in total. The van der Waals surface area contributed by atoms with Gasteiger partial charge in [0.05, 0.1) is 17.0 Å². The van der Waals surface area contributed by atoms with Crippen molar-refractivity contribution in [2.75, 3.05) is 17.5 Å². The van der Waals surface area contributed by atoms with E-state index in [1.165, 1.54) is 37.4 Å². The lowest BCUT2D eigenvalue weighted by Gasteiger charge is -2.10. The van der Waals surface area contributed by atoms with Crippen molar-refractivity contribution in [3.63, 3.8) is 0 Å². The van der Waals surface area contributed by atoms with Crippen LogP contribution in [0.4, 0.5) is 10.1 Å². The van der Waals surface area contributed by atoms with Crippen molar-refractivity contribution in [3.05, 3.63) is 87.1 Å². The Bertz CT molecular complexity index is 1470. The largest absolute Gasteiger partial charge is 0.455 e. The van der Waals surface area contributed by atoms with E-state index >= 15 is 0 Å². The maximum Gasteiger partial charge on any atom is 0.255 e. The molecule has 3 aromatic carbocycles. The molecule has 0 fully saturated rings. The van der Waals surface area contributed by atoms with Crippen molar-refractivity contribution >= 4 is 60.1 Å². The van der Waals surface area contributed by atoms with Crippen LogP contribution < -0.4 is 10.0 Å². The summed E-state index contributed by atoms with van der Waals surface area (Å²) in [5, 5.41) is 3.64. The standard InChI is InChI=1S/C24H19BrClFN2O4S/c1-28-24(30)22-18-12-19(25)20(13-21(18)33-23(22)15-4-8-17(27)9-5-15)29-34(31,32)11-10-14-2-6-16(26)7-3-14/h2-9,12-13,29H,10-11H2,1H3,(H,28,30). The first-order valence-corrected chi connectivity index (χ1v) is 13.0. The second-order valence-corrected chi connectivity index (χ2v) is 10.7. The zero-order valence-electron chi connectivity index (χ0n) is 17.9. The molecule has 0 unspecified atom stereocenters. The molecule has 4 aromatic rings. The van der Waals surface area contributed by atoms with Gasteiger partial charge in [0, 0.05) is 33.6 Å². The fraction of sp³-hybridized carbons (Fsp3) is 0.125. The summed E-state index contributed by atoms with van der Waals surface area (Å²) in [6.45, 7) is 0. The lowest BCUT2D eigenvalue weighted by atomic mass is 10.0. The van der Waals surface area contributed by atoms with Crippen LogP contribution in [0.25, 0.3) is 22.3 Å². The third kappa shape index (κ3) is 5.27. The first-order chi connectivity index (χ1) is 16.2. The van der Waals surface area contributed by atoms with Crippen LogP contribution in [0.2, 0.25) is 5.02 Å². The van der Waals surface area contributed by atoms with Crippen LogP contribution in [-0.2, 0) is 16.4 Å². The number of benzene rings is 3. The number of amides is 1. The van der Waals surface area contributed by atoms with E-state index in [-0.39, 0.29) is 28.7 Å². The van der Waals surface area contributed by atoms with Gasteiger partial charge in [0.25, 0.3) is 5.91 Å². The fourth-order valence-electron chi connectivity index (χ4n) is 3.47. The van der Waals surface area contributed by atoms with Crippen molar-refractivity contribution in [2.24, 2.45) is 0 Å². The summed E-state index contributed by atoms with van der Waals surface area (Å²) >= 11 is 9.27. The van der Waals surface area contributed by atoms with Gasteiger partial charge in [0.2, 0.25) is 10.0 Å². The SMILES string of the molecule is CNC(=O)c1c(-c2ccc(F)cc2)oc2cc(NS(=O)(=O)CCc3ccc(Cl)cc3)c(Br)cc12. The molecule has 10 heteroatoms. The summed E-state index contributed by atoms with van der Waals surface area (Å²) in [4.78, 5) is 12.6. The van der Waals surface area contributed by atoms with Gasteiger partial charge in [-0.15, -0.1) is 0 Å². The van der Waals surface area contributed by atoms with E-state index in [4.69, 9.17) is 16.0 Å². The monoisotopic (exact) mass is 564 g/mol. The van der Waals surface area contributed by atoms with Gasteiger partial charge < -0.3 is 9.73 Å². The minimum Gasteiger partial charge on any atom is -0.455 e. The predicted molar refractivity (Wildman–Crippen MR) is 135 cm³/mol. The van der Waals surface area contributed by atoms with Crippen LogP contribution >= 0.6 is 27.5 Å². The van der Waals surface area contributed by atoms with Crippen LogP contribution in [0.3, 0.4) is 0 Å². The number of carbonyl (C=O) groups excluding carboxylic acids is 1. The molecule has 176 valence electrons. The summed E-state index contributed by atoms with van der Waals surface area (Å²) in [6, 6.07) is 15.7. The van der Waals surface area contributed by atoms with Gasteiger partial charge in [-0.05, 0) is 70.4 Å². The highest BCUT2D eigenvalue weighted by molar-refractivity contribution is 9.10. The summed E-state index contributed by atoms with van der Waals surface area (Å²) in [6.07, 6.45) is 0.308. The Labute approximate surface area is 209 Å². The second-order valence-electron chi connectivity index (χ2n) is 7.52. The lowest BCUT2D eigenvalue weighted by Crippen LogP contribution is -2.19. The quantitative estimate of drug-likeness (QED) is 0.288. The zero-order chi connectivity index (χ0) is 24.5. The van der Waals surface area contributed by atoms with Crippen molar-refractivity contribution in [2.45, 2.75) is 6.42 Å². The predicted octanol–water partition coefficient (Wildman–Crippen LogP) is 6.00. The highest BCUT2D eigenvalue weighted by atomic mass is 79.9. The van der Waals surface area contributed by atoms with E-state index in [1.54, 1.807) is 30.3 Å². The minimum atomic E-state index is -3.69. The Morgan fingerprint density at radius 3 is 2.41 bits per heavy atom. The van der Waals surface area contributed by atoms with Crippen LogP contribution in [0.1, 0.15) is 15.9 Å². The van der Waals surface area contributed by atoms with Gasteiger partial charge in [-0.1, -0.05) is 23.7 Å². The Kier molecular flexibility index (Phi) is 6.97. The molecule has 0 radical (unpaired) electrons. The number of hydrogen-bond acceptors (Lipinski definition) is 4. The smallest absolute Gasteiger partial charge is 0.255 e. The first-order valence-electron chi connectivity index (χ1n) is 10.2. The van der Waals surface area contributed by atoms with E-state index in [9.17, 15) is 17.6 Å². The first kappa shape index (κ1) is 24.3. The average Bonchev–Trinajstić information content (AvgIpc) is 3.17. The number of fused-ring (bicyclic) bond motifs is 1. The van der Waals surface area contributed by atoms with Gasteiger partial charge >= 0.3 is 0 Å². The van der Waals surface area contributed by atoms with Gasteiger partial charge in [0.15, 0.2) is 0 Å². The Hall–Kier alpha value is -2.88. The molecule has 0 aliphatic heterocycles. The number of sulfonamides is 1. The highest BCUT2D eigenvalue weighted by Crippen LogP contribution is 2.38. The normalized spacial score (nSPS) is 11.5. The van der Waals surface area contributed by atoms with Crippen molar-refractivity contribution in [3.8, 4) is 11.3 Å². The van der Waals surface area contributed by atoms with Crippen LogP contribution in [0.15, 0.2) is 69.6 Å². The molecular formula is C24H19BrClFN2O4S. The third-order valence-corrected chi connectivity index (χ3v) is 7.36. The molecule has 34 heavy (non-hydrogen) atoms.